The van der Waals surface area contributed by atoms with Crippen LogP contribution in [-0.2, 0) is 11.2 Å². The second kappa shape index (κ2) is 10.5. The van der Waals surface area contributed by atoms with E-state index in [1.54, 1.807) is 4.90 Å². The van der Waals surface area contributed by atoms with E-state index in [0.717, 1.165) is 54.0 Å². The van der Waals surface area contributed by atoms with Crippen LogP contribution in [-0.4, -0.2) is 46.9 Å². The SMILES string of the molecule is CCOc1ccc(-c2noc(C3=C(C)N(CC4CCCO4)C(=O)NC3c3ccc(CC)cc3)n2)cc1. The van der Waals surface area contributed by atoms with Gasteiger partial charge in [-0.2, -0.15) is 4.98 Å². The van der Waals surface area contributed by atoms with E-state index in [-0.39, 0.29) is 12.1 Å². The predicted octanol–water partition coefficient (Wildman–Crippen LogP) is 5.37. The molecular weight excluding hydrogens is 456 g/mol. The summed E-state index contributed by atoms with van der Waals surface area (Å²) in [4.78, 5) is 19.7. The minimum absolute atomic E-state index is 0.0226. The van der Waals surface area contributed by atoms with Crippen LogP contribution in [0.3, 0.4) is 0 Å². The maximum atomic E-state index is 13.2. The van der Waals surface area contributed by atoms with Crippen molar-refractivity contribution in [1.82, 2.24) is 20.4 Å². The van der Waals surface area contributed by atoms with Gasteiger partial charge in [-0.1, -0.05) is 36.3 Å². The Morgan fingerprint density at radius 2 is 1.89 bits per heavy atom. The lowest BCUT2D eigenvalue weighted by Crippen LogP contribution is -2.48. The number of nitrogens with one attached hydrogen (secondary N) is 1. The topological polar surface area (TPSA) is 89.7 Å². The number of aromatic nitrogens is 2. The number of amides is 2. The number of nitrogens with zero attached hydrogens (tertiary/aromatic N) is 3. The molecular formula is C28H32N4O4. The highest BCUT2D eigenvalue weighted by Crippen LogP contribution is 2.38. The first-order chi connectivity index (χ1) is 17.6. The van der Waals surface area contributed by atoms with Gasteiger partial charge in [0.1, 0.15) is 5.75 Å². The van der Waals surface area contributed by atoms with Gasteiger partial charge in [0.15, 0.2) is 0 Å². The van der Waals surface area contributed by atoms with Crippen molar-refractivity contribution in [3.8, 4) is 17.1 Å². The second-order valence-corrected chi connectivity index (χ2v) is 9.10. The van der Waals surface area contributed by atoms with Gasteiger partial charge in [-0.05, 0) is 68.5 Å². The third kappa shape index (κ3) is 4.86. The van der Waals surface area contributed by atoms with Crippen molar-refractivity contribution in [2.45, 2.75) is 52.2 Å². The molecule has 8 heteroatoms. The third-order valence-corrected chi connectivity index (χ3v) is 6.81. The number of hydrogen-bond donors (Lipinski definition) is 1. The first-order valence-electron chi connectivity index (χ1n) is 12.6. The highest BCUT2D eigenvalue weighted by molar-refractivity contribution is 5.87. The molecule has 3 heterocycles. The summed E-state index contributed by atoms with van der Waals surface area (Å²) in [5.41, 5.74) is 4.61. The van der Waals surface area contributed by atoms with Crippen LogP contribution in [0, 0.1) is 0 Å². The van der Waals surface area contributed by atoms with Gasteiger partial charge in [0.25, 0.3) is 5.89 Å². The van der Waals surface area contributed by atoms with Gasteiger partial charge in [-0.15, -0.1) is 0 Å². The van der Waals surface area contributed by atoms with Crippen LogP contribution < -0.4 is 10.1 Å². The molecule has 1 N–H and O–H groups in total. The number of hydrogen-bond acceptors (Lipinski definition) is 6. The van der Waals surface area contributed by atoms with Crippen molar-refractivity contribution < 1.29 is 18.8 Å². The summed E-state index contributed by atoms with van der Waals surface area (Å²) < 4.78 is 17.2. The van der Waals surface area contributed by atoms with E-state index < -0.39 is 6.04 Å². The molecule has 1 saturated heterocycles. The van der Waals surface area contributed by atoms with Gasteiger partial charge in [0.05, 0.1) is 30.9 Å². The first-order valence-corrected chi connectivity index (χ1v) is 12.6. The summed E-state index contributed by atoms with van der Waals surface area (Å²) in [7, 11) is 0. The summed E-state index contributed by atoms with van der Waals surface area (Å²) in [6, 6.07) is 15.3. The van der Waals surface area contributed by atoms with E-state index in [0.29, 0.717) is 24.9 Å². The van der Waals surface area contributed by atoms with Gasteiger partial charge in [0.2, 0.25) is 5.82 Å². The Kier molecular flexibility index (Phi) is 7.04. The Bertz CT molecular complexity index is 1230. The van der Waals surface area contributed by atoms with Gasteiger partial charge >= 0.3 is 6.03 Å². The van der Waals surface area contributed by atoms with E-state index in [1.807, 2.05) is 38.1 Å². The molecule has 36 heavy (non-hydrogen) atoms. The highest BCUT2D eigenvalue weighted by Gasteiger charge is 2.37. The lowest BCUT2D eigenvalue weighted by atomic mass is 9.93. The summed E-state index contributed by atoms with van der Waals surface area (Å²) >= 11 is 0. The van der Waals surface area contributed by atoms with Crippen molar-refractivity contribution >= 4 is 11.6 Å². The average molecular weight is 489 g/mol. The van der Waals surface area contributed by atoms with Gasteiger partial charge in [0, 0.05) is 17.9 Å². The van der Waals surface area contributed by atoms with Crippen LogP contribution in [0.25, 0.3) is 17.0 Å². The lowest BCUT2D eigenvalue weighted by molar-refractivity contribution is 0.0877. The standard InChI is InChI=1S/C28H32N4O4/c1-4-19-8-10-20(11-9-19)25-24(18(3)32(28(33)29-25)17-23-7-6-16-35-23)27-30-26(31-36-27)21-12-14-22(15-13-21)34-5-2/h8-15,23,25H,4-7,16-17H2,1-3H3,(H,29,33). The smallest absolute Gasteiger partial charge is 0.322 e. The number of carbonyl (C=O) groups excluding carboxylic acids is 1. The summed E-state index contributed by atoms with van der Waals surface area (Å²) in [6.07, 6.45) is 2.92. The summed E-state index contributed by atoms with van der Waals surface area (Å²) in [6.45, 7) is 7.84. The minimum atomic E-state index is -0.405. The van der Waals surface area contributed by atoms with E-state index in [9.17, 15) is 4.79 Å². The molecule has 0 aliphatic carbocycles. The number of rotatable bonds is 8. The fourth-order valence-electron chi connectivity index (χ4n) is 4.78. The molecule has 2 unspecified atom stereocenters. The predicted molar refractivity (Wildman–Crippen MR) is 136 cm³/mol. The molecule has 0 spiro atoms. The normalized spacial score (nSPS) is 20.1. The number of carbonyl (C=O) groups is 1. The minimum Gasteiger partial charge on any atom is -0.494 e. The summed E-state index contributed by atoms with van der Waals surface area (Å²) in [5, 5.41) is 7.43. The van der Waals surface area contributed by atoms with Crippen LogP contribution in [0.2, 0.25) is 0 Å². The number of ether oxygens (including phenoxy) is 2. The van der Waals surface area contributed by atoms with Crippen LogP contribution in [0.5, 0.6) is 5.75 Å². The molecule has 2 amide bonds. The Morgan fingerprint density at radius 3 is 2.56 bits per heavy atom. The number of aryl methyl sites for hydroxylation is 1. The molecule has 5 rings (SSSR count). The van der Waals surface area contributed by atoms with E-state index in [2.05, 4.69) is 41.7 Å². The first kappa shape index (κ1) is 24.1. The van der Waals surface area contributed by atoms with Gasteiger partial charge in [-0.25, -0.2) is 4.79 Å². The van der Waals surface area contributed by atoms with E-state index in [4.69, 9.17) is 19.0 Å². The van der Waals surface area contributed by atoms with Crippen molar-refractivity contribution in [3.05, 3.63) is 71.2 Å². The highest BCUT2D eigenvalue weighted by atomic mass is 16.5. The molecule has 1 aromatic heterocycles. The monoisotopic (exact) mass is 488 g/mol. The Morgan fingerprint density at radius 1 is 1.11 bits per heavy atom. The third-order valence-electron chi connectivity index (χ3n) is 6.81. The molecule has 3 aromatic rings. The van der Waals surface area contributed by atoms with Crippen molar-refractivity contribution in [1.29, 1.82) is 0 Å². The zero-order valence-corrected chi connectivity index (χ0v) is 21.0. The Labute approximate surface area is 211 Å². The molecule has 2 aliphatic heterocycles. The zero-order valence-electron chi connectivity index (χ0n) is 21.0. The molecule has 0 saturated carbocycles. The molecule has 8 nitrogen and oxygen atoms in total. The fourth-order valence-corrected chi connectivity index (χ4v) is 4.78. The van der Waals surface area contributed by atoms with Crippen molar-refractivity contribution in [2.24, 2.45) is 0 Å². The Balaban J connectivity index is 1.52. The van der Waals surface area contributed by atoms with Gasteiger partial charge < -0.3 is 19.3 Å². The molecule has 2 aromatic carbocycles. The fraction of sp³-hybridized carbons (Fsp3) is 0.393. The zero-order chi connectivity index (χ0) is 25.1. The quantitative estimate of drug-likeness (QED) is 0.458. The van der Waals surface area contributed by atoms with Crippen LogP contribution in [0.15, 0.2) is 58.8 Å². The van der Waals surface area contributed by atoms with Crippen molar-refractivity contribution in [3.63, 3.8) is 0 Å². The maximum Gasteiger partial charge on any atom is 0.322 e. The Hall–Kier alpha value is -3.65. The van der Waals surface area contributed by atoms with Crippen molar-refractivity contribution in [2.75, 3.05) is 19.8 Å². The lowest BCUT2D eigenvalue weighted by Gasteiger charge is -2.36. The number of urea groups is 1. The molecule has 0 bridgehead atoms. The van der Waals surface area contributed by atoms with Crippen LogP contribution in [0.4, 0.5) is 4.79 Å². The van der Waals surface area contributed by atoms with Crippen LogP contribution >= 0.6 is 0 Å². The average Bonchev–Trinajstić information content (AvgIpc) is 3.60. The molecule has 188 valence electrons. The molecule has 2 aliphatic rings. The largest absolute Gasteiger partial charge is 0.494 e. The van der Waals surface area contributed by atoms with E-state index >= 15 is 0 Å². The maximum absolute atomic E-state index is 13.2. The molecule has 1 fully saturated rings. The summed E-state index contributed by atoms with van der Waals surface area (Å²) in [5.74, 6) is 1.66. The molecule has 2 atom stereocenters. The van der Waals surface area contributed by atoms with Crippen LogP contribution in [0.1, 0.15) is 56.7 Å². The molecule has 0 radical (unpaired) electrons. The second-order valence-electron chi connectivity index (χ2n) is 9.10. The number of allylic oxidation sites excluding steroid dienone is 1. The van der Waals surface area contributed by atoms with Gasteiger partial charge in [-0.3, -0.25) is 4.90 Å². The number of benzene rings is 2. The van der Waals surface area contributed by atoms with E-state index in [1.165, 1.54) is 5.56 Å².